The second-order valence-corrected chi connectivity index (χ2v) is 6.41. The van der Waals surface area contributed by atoms with E-state index in [2.05, 4.69) is 0 Å². The molecule has 0 aliphatic rings. The van der Waals surface area contributed by atoms with Gasteiger partial charge in [0, 0.05) is 0 Å². The molecule has 1 rings (SSSR count). The highest BCUT2D eigenvalue weighted by Gasteiger charge is 2.25. The summed E-state index contributed by atoms with van der Waals surface area (Å²) in [6, 6.07) is 1.08. The molecule has 0 aliphatic heterocycles. The second-order valence-electron chi connectivity index (χ2n) is 2.75. The summed E-state index contributed by atoms with van der Waals surface area (Å²) in [5, 5.41) is 17.3. The van der Waals surface area contributed by atoms with Crippen molar-refractivity contribution in [3.8, 4) is 0 Å². The van der Waals surface area contributed by atoms with Gasteiger partial charge in [0.25, 0.3) is 10.0 Å². The fraction of sp³-hybridized carbons (Fsp3) is 0.286. The molecule has 1 unspecified atom stereocenters. The number of carboxylic acid groups (broad SMARTS) is 1. The van der Waals surface area contributed by atoms with Gasteiger partial charge in [0.1, 0.15) is 10.3 Å². The van der Waals surface area contributed by atoms with Crippen molar-refractivity contribution in [2.75, 3.05) is 6.61 Å². The van der Waals surface area contributed by atoms with E-state index in [1.165, 1.54) is 12.1 Å². The Bertz CT molecular complexity index is 483. The average Bonchev–Trinajstić information content (AvgIpc) is 2.61. The van der Waals surface area contributed by atoms with Crippen molar-refractivity contribution in [3.63, 3.8) is 0 Å². The summed E-state index contributed by atoms with van der Waals surface area (Å²) >= 11 is 6.36. The van der Waals surface area contributed by atoms with Crippen LogP contribution in [0.25, 0.3) is 0 Å². The van der Waals surface area contributed by atoms with Crippen LogP contribution in [0.1, 0.15) is 0 Å². The minimum atomic E-state index is -3.95. The first-order chi connectivity index (χ1) is 7.36. The zero-order valence-electron chi connectivity index (χ0n) is 7.75. The zero-order chi connectivity index (χ0) is 12.3. The van der Waals surface area contributed by atoms with Crippen molar-refractivity contribution >= 4 is 38.9 Å². The van der Waals surface area contributed by atoms with E-state index in [9.17, 15) is 13.2 Å². The molecule has 0 aliphatic carbocycles. The summed E-state index contributed by atoms with van der Waals surface area (Å²) in [4.78, 5) is 10.5. The van der Waals surface area contributed by atoms with E-state index in [1.54, 1.807) is 0 Å². The lowest BCUT2D eigenvalue weighted by atomic mass is 10.3. The maximum absolute atomic E-state index is 11.6. The fourth-order valence-electron chi connectivity index (χ4n) is 0.853. The predicted molar refractivity (Wildman–Crippen MR) is 58.2 cm³/mol. The molecule has 3 N–H and O–H groups in total. The Kier molecular flexibility index (Phi) is 4.28. The van der Waals surface area contributed by atoms with Crippen LogP contribution >= 0.6 is 22.9 Å². The van der Waals surface area contributed by atoms with Gasteiger partial charge in [-0.3, -0.25) is 4.79 Å². The molecule has 6 nitrogen and oxygen atoms in total. The molecule has 0 amide bonds. The Morgan fingerprint density at radius 3 is 2.56 bits per heavy atom. The van der Waals surface area contributed by atoms with Crippen molar-refractivity contribution in [3.05, 3.63) is 16.5 Å². The Morgan fingerprint density at radius 1 is 1.56 bits per heavy atom. The molecule has 0 spiro atoms. The maximum Gasteiger partial charge on any atom is 0.324 e. The molecule has 1 aromatic heterocycles. The van der Waals surface area contributed by atoms with E-state index in [1.807, 2.05) is 4.72 Å². The molecule has 0 saturated carbocycles. The third kappa shape index (κ3) is 3.16. The molecule has 1 atom stereocenters. The summed E-state index contributed by atoms with van der Waals surface area (Å²) < 4.78 is 25.2. The van der Waals surface area contributed by atoms with Gasteiger partial charge in [-0.25, -0.2) is 8.42 Å². The van der Waals surface area contributed by atoms with Crippen molar-refractivity contribution in [1.82, 2.24) is 4.72 Å². The van der Waals surface area contributed by atoms with Crippen LogP contribution in [-0.4, -0.2) is 37.2 Å². The van der Waals surface area contributed by atoms with Crippen LogP contribution in [0.15, 0.2) is 16.3 Å². The maximum atomic E-state index is 11.6. The lowest BCUT2D eigenvalue weighted by molar-refractivity contribution is -0.139. The monoisotopic (exact) mass is 285 g/mol. The molecule has 16 heavy (non-hydrogen) atoms. The number of aliphatic hydroxyl groups excluding tert-OH is 1. The summed E-state index contributed by atoms with van der Waals surface area (Å²) in [5.74, 6) is -1.45. The number of aliphatic hydroxyl groups is 1. The topological polar surface area (TPSA) is 104 Å². The highest BCUT2D eigenvalue weighted by Crippen LogP contribution is 2.25. The third-order valence-electron chi connectivity index (χ3n) is 1.59. The van der Waals surface area contributed by atoms with Crippen molar-refractivity contribution in [2.24, 2.45) is 0 Å². The van der Waals surface area contributed by atoms with Crippen molar-refractivity contribution in [2.45, 2.75) is 10.3 Å². The molecule has 1 heterocycles. The van der Waals surface area contributed by atoms with E-state index < -0.39 is 28.6 Å². The van der Waals surface area contributed by atoms with Gasteiger partial charge in [-0.2, -0.15) is 4.72 Å². The van der Waals surface area contributed by atoms with Crippen LogP contribution in [0.5, 0.6) is 0 Å². The first-order valence-corrected chi connectivity index (χ1v) is 6.66. The van der Waals surface area contributed by atoms with Crippen molar-refractivity contribution in [1.29, 1.82) is 0 Å². The highest BCUT2D eigenvalue weighted by molar-refractivity contribution is 7.91. The molecule has 1 aromatic rings. The number of carbonyl (C=O) groups is 1. The number of sulfonamides is 1. The normalized spacial score (nSPS) is 13.6. The van der Waals surface area contributed by atoms with E-state index in [0.29, 0.717) is 0 Å². The summed E-state index contributed by atoms with van der Waals surface area (Å²) in [6.07, 6.45) is 0. The Hall–Kier alpha value is -0.670. The zero-order valence-corrected chi connectivity index (χ0v) is 10.1. The number of rotatable bonds is 5. The highest BCUT2D eigenvalue weighted by atomic mass is 35.5. The minimum Gasteiger partial charge on any atom is -0.480 e. The summed E-state index contributed by atoms with van der Waals surface area (Å²) in [7, 11) is -3.95. The first kappa shape index (κ1) is 13.4. The van der Waals surface area contributed by atoms with E-state index in [0.717, 1.165) is 11.3 Å². The molecule has 0 bridgehead atoms. The van der Waals surface area contributed by atoms with Crippen LogP contribution in [0, 0.1) is 0 Å². The van der Waals surface area contributed by atoms with Crippen LogP contribution in [0.3, 0.4) is 0 Å². The lowest BCUT2D eigenvalue weighted by Gasteiger charge is -2.10. The molecular formula is C7H8ClNO5S2. The summed E-state index contributed by atoms with van der Waals surface area (Å²) in [5.41, 5.74) is 0. The van der Waals surface area contributed by atoms with E-state index >= 15 is 0 Å². The number of halogens is 1. The predicted octanol–water partition coefficient (Wildman–Crippen LogP) is 0.125. The van der Waals surface area contributed by atoms with Gasteiger partial charge in [0.05, 0.1) is 10.9 Å². The largest absolute Gasteiger partial charge is 0.480 e. The van der Waals surface area contributed by atoms with Gasteiger partial charge in [0.15, 0.2) is 0 Å². The van der Waals surface area contributed by atoms with Gasteiger partial charge < -0.3 is 10.2 Å². The second kappa shape index (κ2) is 5.11. The van der Waals surface area contributed by atoms with Gasteiger partial charge in [-0.1, -0.05) is 11.6 Å². The van der Waals surface area contributed by atoms with Gasteiger partial charge in [-0.15, -0.1) is 11.3 Å². The molecule has 90 valence electrons. The van der Waals surface area contributed by atoms with Crippen molar-refractivity contribution < 1.29 is 23.4 Å². The standard InChI is InChI=1S/C7H8ClNO5S2/c8-5-1-2-6(15-5)16(13,14)9-4(3-10)7(11)12/h1-2,4,9-10H,3H2,(H,11,12). The van der Waals surface area contributed by atoms with Gasteiger partial charge in [0.2, 0.25) is 0 Å². The number of hydrogen-bond acceptors (Lipinski definition) is 5. The Labute approximate surface area is 101 Å². The Morgan fingerprint density at radius 2 is 2.19 bits per heavy atom. The number of aliphatic carboxylic acids is 1. The van der Waals surface area contributed by atoms with Crippen LogP contribution in [0.4, 0.5) is 0 Å². The van der Waals surface area contributed by atoms with Gasteiger partial charge in [-0.05, 0) is 12.1 Å². The SMILES string of the molecule is O=C(O)C(CO)NS(=O)(=O)c1ccc(Cl)s1. The van der Waals surface area contributed by atoms with E-state index in [-0.39, 0.29) is 8.55 Å². The number of hydrogen-bond donors (Lipinski definition) is 3. The van der Waals surface area contributed by atoms with Crippen LogP contribution < -0.4 is 4.72 Å². The molecule has 0 saturated heterocycles. The molecule has 0 radical (unpaired) electrons. The number of carboxylic acids is 1. The third-order valence-corrected chi connectivity index (χ3v) is 4.79. The quantitative estimate of drug-likeness (QED) is 0.713. The van der Waals surface area contributed by atoms with E-state index in [4.69, 9.17) is 21.8 Å². The molecule has 0 aromatic carbocycles. The molecule has 9 heteroatoms. The number of nitrogens with one attached hydrogen (secondary N) is 1. The average molecular weight is 286 g/mol. The summed E-state index contributed by atoms with van der Waals surface area (Å²) in [6.45, 7) is -0.826. The molecular weight excluding hydrogens is 278 g/mol. The minimum absolute atomic E-state index is 0.0998. The fourth-order valence-corrected chi connectivity index (χ4v) is 3.53. The van der Waals surface area contributed by atoms with Gasteiger partial charge >= 0.3 is 5.97 Å². The smallest absolute Gasteiger partial charge is 0.324 e. The number of thiophene rings is 1. The van der Waals surface area contributed by atoms with Crippen LogP contribution in [-0.2, 0) is 14.8 Å². The first-order valence-electron chi connectivity index (χ1n) is 3.98. The van der Waals surface area contributed by atoms with Crippen LogP contribution in [0.2, 0.25) is 4.34 Å². The Balaban J connectivity index is 2.91. The molecule has 0 fully saturated rings. The lowest BCUT2D eigenvalue weighted by Crippen LogP contribution is -2.42.